The van der Waals surface area contributed by atoms with Gasteiger partial charge in [-0.15, -0.1) is 0 Å². The van der Waals surface area contributed by atoms with Crippen LogP contribution in [0.4, 0.5) is 13.2 Å². The molecule has 1 amide bonds. The van der Waals surface area contributed by atoms with Crippen LogP contribution in [0.15, 0.2) is 24.3 Å². The summed E-state index contributed by atoms with van der Waals surface area (Å²) in [4.78, 5) is 22.5. The van der Waals surface area contributed by atoms with Gasteiger partial charge in [-0.05, 0) is 30.9 Å². The van der Waals surface area contributed by atoms with Crippen LogP contribution in [0.25, 0.3) is 0 Å². The second-order valence-electron chi connectivity index (χ2n) is 5.10. The highest BCUT2D eigenvalue weighted by molar-refractivity contribution is 5.87. The largest absolute Gasteiger partial charge is 0.480 e. The maximum absolute atomic E-state index is 12.9. The SMILES string of the molecule is C[C@H](NC(=O)[C@@H]1C[C@@H]1c1ccccc1C(F)(F)F)C(=O)O. The van der Waals surface area contributed by atoms with Crippen LogP contribution < -0.4 is 5.32 Å². The first kappa shape index (κ1) is 15.3. The van der Waals surface area contributed by atoms with Crippen LogP contribution in [0.2, 0.25) is 0 Å². The Morgan fingerprint density at radius 2 is 1.95 bits per heavy atom. The summed E-state index contributed by atoms with van der Waals surface area (Å²) in [6, 6.07) is 4.09. The third kappa shape index (κ3) is 3.34. The van der Waals surface area contributed by atoms with Crippen LogP contribution in [0.1, 0.15) is 30.4 Å². The highest BCUT2D eigenvalue weighted by Crippen LogP contribution is 2.51. The van der Waals surface area contributed by atoms with E-state index in [4.69, 9.17) is 5.11 Å². The zero-order chi connectivity index (χ0) is 15.8. The van der Waals surface area contributed by atoms with E-state index >= 15 is 0 Å². The number of amides is 1. The summed E-state index contributed by atoms with van der Waals surface area (Å²) in [7, 11) is 0. The number of nitrogens with one attached hydrogen (secondary N) is 1. The number of benzene rings is 1. The number of rotatable bonds is 4. The van der Waals surface area contributed by atoms with Crippen LogP contribution in [0.5, 0.6) is 0 Å². The lowest BCUT2D eigenvalue weighted by molar-refractivity contribution is -0.141. The first-order chi connectivity index (χ1) is 9.71. The van der Waals surface area contributed by atoms with Crippen LogP contribution in [0, 0.1) is 5.92 Å². The summed E-state index contributed by atoms with van der Waals surface area (Å²) in [5, 5.41) is 11.0. The van der Waals surface area contributed by atoms with Gasteiger partial charge in [-0.2, -0.15) is 13.2 Å². The maximum Gasteiger partial charge on any atom is 0.416 e. The Bertz CT molecular complexity index is 571. The molecule has 1 fully saturated rings. The van der Waals surface area contributed by atoms with Crippen LogP contribution in [-0.4, -0.2) is 23.0 Å². The zero-order valence-electron chi connectivity index (χ0n) is 11.1. The lowest BCUT2D eigenvalue weighted by atomic mass is 10.0. The summed E-state index contributed by atoms with van der Waals surface area (Å²) >= 11 is 0. The van der Waals surface area contributed by atoms with Crippen molar-refractivity contribution in [2.75, 3.05) is 0 Å². The van der Waals surface area contributed by atoms with Gasteiger partial charge < -0.3 is 10.4 Å². The van der Waals surface area contributed by atoms with Crippen molar-refractivity contribution >= 4 is 11.9 Å². The Morgan fingerprint density at radius 3 is 2.52 bits per heavy atom. The molecule has 1 aromatic carbocycles. The minimum Gasteiger partial charge on any atom is -0.480 e. The van der Waals surface area contributed by atoms with Gasteiger partial charge in [0.25, 0.3) is 0 Å². The van der Waals surface area contributed by atoms with Crippen LogP contribution in [-0.2, 0) is 15.8 Å². The predicted octanol–water partition coefficient (Wildman–Crippen LogP) is 2.40. The quantitative estimate of drug-likeness (QED) is 0.897. The maximum atomic E-state index is 12.9. The van der Waals surface area contributed by atoms with E-state index in [1.807, 2.05) is 0 Å². The first-order valence-corrected chi connectivity index (χ1v) is 6.41. The summed E-state index contributed by atoms with van der Waals surface area (Å²) in [6.07, 6.45) is -4.17. The molecule has 2 N–H and O–H groups in total. The third-order valence-corrected chi connectivity index (χ3v) is 3.52. The molecule has 114 valence electrons. The van der Waals surface area contributed by atoms with Gasteiger partial charge in [-0.25, -0.2) is 0 Å². The number of carboxylic acids is 1. The average molecular weight is 301 g/mol. The molecule has 0 radical (unpaired) electrons. The van der Waals surface area contributed by atoms with E-state index in [2.05, 4.69) is 5.32 Å². The Morgan fingerprint density at radius 1 is 1.33 bits per heavy atom. The number of carboxylic acid groups (broad SMARTS) is 1. The average Bonchev–Trinajstić information content (AvgIpc) is 3.17. The molecule has 0 heterocycles. The standard InChI is InChI=1S/C14H14F3NO3/c1-7(13(20)21)18-12(19)10-6-9(10)8-4-2-3-5-11(8)14(15,16)17/h2-5,7,9-10H,6H2,1H3,(H,18,19)(H,20,21)/t7-,9+,10+/m0/s1. The Balaban J connectivity index is 2.11. The fourth-order valence-electron chi connectivity index (χ4n) is 2.29. The highest BCUT2D eigenvalue weighted by Gasteiger charge is 2.48. The number of halogens is 3. The molecule has 1 saturated carbocycles. The monoisotopic (exact) mass is 301 g/mol. The molecule has 4 nitrogen and oxygen atoms in total. The van der Waals surface area contributed by atoms with E-state index in [-0.39, 0.29) is 5.56 Å². The number of carbonyl (C=O) groups is 2. The molecule has 3 atom stereocenters. The van der Waals surface area contributed by atoms with Gasteiger partial charge >= 0.3 is 12.1 Å². The van der Waals surface area contributed by atoms with Gasteiger partial charge in [-0.1, -0.05) is 18.2 Å². The fraction of sp³-hybridized carbons (Fsp3) is 0.429. The Hall–Kier alpha value is -2.05. The molecule has 1 aliphatic carbocycles. The molecule has 1 aliphatic rings. The number of hydrogen-bond acceptors (Lipinski definition) is 2. The highest BCUT2D eigenvalue weighted by atomic mass is 19.4. The molecule has 2 rings (SSSR count). The number of hydrogen-bond donors (Lipinski definition) is 2. The zero-order valence-corrected chi connectivity index (χ0v) is 11.1. The minimum absolute atomic E-state index is 0.0909. The molecule has 0 spiro atoms. The van der Waals surface area contributed by atoms with E-state index in [0.29, 0.717) is 6.42 Å². The number of carbonyl (C=O) groups excluding carboxylic acids is 1. The molecule has 0 aromatic heterocycles. The van der Waals surface area contributed by atoms with Crippen molar-refractivity contribution in [3.05, 3.63) is 35.4 Å². The smallest absolute Gasteiger partial charge is 0.416 e. The number of aliphatic carboxylic acids is 1. The van der Waals surface area contributed by atoms with E-state index in [1.54, 1.807) is 0 Å². The van der Waals surface area contributed by atoms with E-state index in [0.717, 1.165) is 6.07 Å². The predicted molar refractivity (Wildman–Crippen MR) is 67.5 cm³/mol. The van der Waals surface area contributed by atoms with Crippen LogP contribution >= 0.6 is 0 Å². The van der Waals surface area contributed by atoms with Gasteiger partial charge in [0.15, 0.2) is 0 Å². The van der Waals surface area contributed by atoms with Crippen molar-refractivity contribution < 1.29 is 27.9 Å². The number of alkyl halides is 3. The molecule has 0 aliphatic heterocycles. The molecular weight excluding hydrogens is 287 g/mol. The molecule has 1 aromatic rings. The van der Waals surface area contributed by atoms with E-state index in [1.165, 1.54) is 25.1 Å². The minimum atomic E-state index is -4.46. The van der Waals surface area contributed by atoms with Gasteiger partial charge in [0.05, 0.1) is 5.56 Å². The fourth-order valence-corrected chi connectivity index (χ4v) is 2.29. The second kappa shape index (κ2) is 5.38. The molecular formula is C14H14F3NO3. The molecule has 0 saturated heterocycles. The van der Waals surface area contributed by atoms with Gasteiger partial charge in [-0.3, -0.25) is 9.59 Å². The van der Waals surface area contributed by atoms with Crippen molar-refractivity contribution in [1.82, 2.24) is 5.32 Å². The van der Waals surface area contributed by atoms with Gasteiger partial charge in [0.1, 0.15) is 6.04 Å². The Kier molecular flexibility index (Phi) is 3.93. The summed E-state index contributed by atoms with van der Waals surface area (Å²) in [6.45, 7) is 1.31. The van der Waals surface area contributed by atoms with Crippen molar-refractivity contribution in [3.8, 4) is 0 Å². The second-order valence-corrected chi connectivity index (χ2v) is 5.10. The van der Waals surface area contributed by atoms with Crippen molar-refractivity contribution in [3.63, 3.8) is 0 Å². The summed E-state index contributed by atoms with van der Waals surface area (Å²) < 4.78 is 38.7. The normalized spacial score (nSPS) is 22.5. The molecule has 0 bridgehead atoms. The van der Waals surface area contributed by atoms with Crippen LogP contribution in [0.3, 0.4) is 0 Å². The summed E-state index contributed by atoms with van der Waals surface area (Å²) in [5.74, 6) is -2.82. The first-order valence-electron chi connectivity index (χ1n) is 6.41. The molecule has 7 heteroatoms. The van der Waals surface area contributed by atoms with Gasteiger partial charge in [0.2, 0.25) is 5.91 Å². The molecule has 21 heavy (non-hydrogen) atoms. The third-order valence-electron chi connectivity index (χ3n) is 3.52. The van der Waals surface area contributed by atoms with E-state index in [9.17, 15) is 22.8 Å². The van der Waals surface area contributed by atoms with Crippen molar-refractivity contribution in [2.24, 2.45) is 5.92 Å². The Labute approximate surface area is 119 Å². The summed E-state index contributed by atoms with van der Waals surface area (Å²) in [5.41, 5.74) is -0.648. The van der Waals surface area contributed by atoms with E-state index < -0.39 is 41.5 Å². The van der Waals surface area contributed by atoms with Gasteiger partial charge in [0, 0.05) is 5.92 Å². The van der Waals surface area contributed by atoms with Crippen molar-refractivity contribution in [2.45, 2.75) is 31.5 Å². The lowest BCUT2D eigenvalue weighted by Gasteiger charge is -2.13. The molecule has 0 unspecified atom stereocenters. The van der Waals surface area contributed by atoms with Crippen molar-refractivity contribution in [1.29, 1.82) is 0 Å². The lowest BCUT2D eigenvalue weighted by Crippen LogP contribution is -2.39. The topological polar surface area (TPSA) is 66.4 Å².